The molecule has 154 valence electrons. The maximum atomic E-state index is 12.6. The molecule has 2 amide bonds. The molecule has 0 atom stereocenters. The number of nitrogens with one attached hydrogen (secondary N) is 1. The molecule has 2 aromatic carbocycles. The second kappa shape index (κ2) is 8.93. The highest BCUT2D eigenvalue weighted by Gasteiger charge is 2.19. The summed E-state index contributed by atoms with van der Waals surface area (Å²) in [5.74, 6) is -0.987. The standard InChI is InChI=1S/C19H15Cl2N5O4/c1-24(11-17(27)22-18-14(20)6-3-7-15(18)21)19(28)16-8-9-25(23-16)12-4-2-5-13(10-12)26(29)30/h2-10H,11H2,1H3,(H,22,27). The van der Waals surface area contributed by atoms with Crippen LogP contribution in [0, 0.1) is 10.1 Å². The average Bonchev–Trinajstić information content (AvgIpc) is 3.20. The highest BCUT2D eigenvalue weighted by Crippen LogP contribution is 2.29. The van der Waals surface area contributed by atoms with Crippen LogP contribution in [0.3, 0.4) is 0 Å². The van der Waals surface area contributed by atoms with Crippen LogP contribution >= 0.6 is 23.2 Å². The number of halogens is 2. The van der Waals surface area contributed by atoms with Crippen LogP contribution in [0.2, 0.25) is 10.0 Å². The number of hydrogen-bond acceptors (Lipinski definition) is 5. The Morgan fingerprint density at radius 3 is 2.50 bits per heavy atom. The molecule has 0 bridgehead atoms. The van der Waals surface area contributed by atoms with Gasteiger partial charge in [0, 0.05) is 25.4 Å². The number of rotatable bonds is 6. The van der Waals surface area contributed by atoms with Crippen LogP contribution in [0.15, 0.2) is 54.7 Å². The molecule has 3 rings (SSSR count). The van der Waals surface area contributed by atoms with Crippen molar-refractivity contribution in [2.75, 3.05) is 18.9 Å². The van der Waals surface area contributed by atoms with Crippen molar-refractivity contribution in [2.24, 2.45) is 0 Å². The van der Waals surface area contributed by atoms with E-state index in [-0.39, 0.29) is 33.7 Å². The van der Waals surface area contributed by atoms with Crippen LogP contribution < -0.4 is 5.32 Å². The third-order valence-corrected chi connectivity index (χ3v) is 4.70. The molecule has 0 radical (unpaired) electrons. The number of nitrogens with zero attached hydrogens (tertiary/aromatic N) is 4. The van der Waals surface area contributed by atoms with E-state index >= 15 is 0 Å². The summed E-state index contributed by atoms with van der Waals surface area (Å²) in [4.78, 5) is 36.5. The van der Waals surface area contributed by atoms with Crippen molar-refractivity contribution in [1.29, 1.82) is 0 Å². The van der Waals surface area contributed by atoms with Crippen molar-refractivity contribution in [1.82, 2.24) is 14.7 Å². The number of nitro groups is 1. The van der Waals surface area contributed by atoms with Crippen LogP contribution in [0.1, 0.15) is 10.5 Å². The van der Waals surface area contributed by atoms with E-state index in [2.05, 4.69) is 10.4 Å². The number of likely N-dealkylation sites (N-methyl/N-ethyl adjacent to an activating group) is 1. The normalized spacial score (nSPS) is 10.5. The van der Waals surface area contributed by atoms with Gasteiger partial charge in [0.1, 0.15) is 0 Å². The third kappa shape index (κ3) is 4.76. The molecule has 0 fully saturated rings. The first kappa shape index (κ1) is 21.3. The second-order valence-corrected chi connectivity index (χ2v) is 7.04. The zero-order valence-electron chi connectivity index (χ0n) is 15.6. The number of para-hydroxylation sites is 1. The first-order chi connectivity index (χ1) is 14.3. The SMILES string of the molecule is CN(CC(=O)Nc1c(Cl)cccc1Cl)C(=O)c1ccn(-c2cccc([N+](=O)[O-])c2)n1. The summed E-state index contributed by atoms with van der Waals surface area (Å²) in [5.41, 5.74) is 0.675. The Morgan fingerprint density at radius 1 is 1.17 bits per heavy atom. The Hall–Kier alpha value is -3.43. The number of carbonyl (C=O) groups excluding carboxylic acids is 2. The zero-order valence-corrected chi connectivity index (χ0v) is 17.1. The highest BCUT2D eigenvalue weighted by atomic mass is 35.5. The molecule has 0 aliphatic carbocycles. The monoisotopic (exact) mass is 447 g/mol. The van der Waals surface area contributed by atoms with E-state index in [0.29, 0.717) is 5.69 Å². The summed E-state index contributed by atoms with van der Waals surface area (Å²) in [6.07, 6.45) is 1.50. The Morgan fingerprint density at radius 2 is 1.83 bits per heavy atom. The molecule has 1 N–H and O–H groups in total. The number of amides is 2. The summed E-state index contributed by atoms with van der Waals surface area (Å²) in [7, 11) is 1.45. The molecule has 0 unspecified atom stereocenters. The van der Waals surface area contributed by atoms with Gasteiger partial charge in [-0.3, -0.25) is 19.7 Å². The molecule has 1 aromatic heterocycles. The van der Waals surface area contributed by atoms with Crippen molar-refractivity contribution in [3.8, 4) is 5.69 Å². The van der Waals surface area contributed by atoms with Crippen LogP contribution in [0.4, 0.5) is 11.4 Å². The van der Waals surface area contributed by atoms with E-state index in [0.717, 1.165) is 0 Å². The molecule has 3 aromatic rings. The molecule has 1 heterocycles. The second-order valence-electron chi connectivity index (χ2n) is 6.23. The minimum atomic E-state index is -0.517. The highest BCUT2D eigenvalue weighted by molar-refractivity contribution is 6.39. The van der Waals surface area contributed by atoms with Gasteiger partial charge in [0.05, 0.1) is 32.9 Å². The lowest BCUT2D eigenvalue weighted by Gasteiger charge is -2.16. The first-order valence-electron chi connectivity index (χ1n) is 8.56. The van der Waals surface area contributed by atoms with E-state index in [1.165, 1.54) is 47.1 Å². The van der Waals surface area contributed by atoms with Crippen LogP contribution in [0.25, 0.3) is 5.69 Å². The predicted molar refractivity (Wildman–Crippen MR) is 112 cm³/mol. The molecule has 30 heavy (non-hydrogen) atoms. The number of hydrogen-bond donors (Lipinski definition) is 1. The Bertz CT molecular complexity index is 1110. The summed E-state index contributed by atoms with van der Waals surface area (Å²) in [6, 6.07) is 12.1. The predicted octanol–water partition coefficient (Wildman–Crippen LogP) is 3.80. The van der Waals surface area contributed by atoms with Crippen LogP contribution in [-0.2, 0) is 4.79 Å². The number of non-ortho nitro benzene ring substituents is 1. The van der Waals surface area contributed by atoms with E-state index in [1.807, 2.05) is 0 Å². The molecule has 9 nitrogen and oxygen atoms in total. The number of carbonyl (C=O) groups is 2. The largest absolute Gasteiger partial charge is 0.331 e. The lowest BCUT2D eigenvalue weighted by atomic mass is 10.3. The van der Waals surface area contributed by atoms with Gasteiger partial charge in [0.15, 0.2) is 5.69 Å². The van der Waals surface area contributed by atoms with Crippen molar-refractivity contribution >= 4 is 46.4 Å². The third-order valence-electron chi connectivity index (χ3n) is 4.07. The smallest absolute Gasteiger partial charge is 0.274 e. The van der Waals surface area contributed by atoms with E-state index in [9.17, 15) is 19.7 Å². The number of nitro benzene ring substituents is 1. The topological polar surface area (TPSA) is 110 Å². The molecule has 0 spiro atoms. The van der Waals surface area contributed by atoms with Crippen molar-refractivity contribution in [3.63, 3.8) is 0 Å². The van der Waals surface area contributed by atoms with Gasteiger partial charge >= 0.3 is 0 Å². The van der Waals surface area contributed by atoms with Gasteiger partial charge < -0.3 is 10.2 Å². The average molecular weight is 448 g/mol. The summed E-state index contributed by atoms with van der Waals surface area (Å²) in [6.45, 7) is -0.260. The van der Waals surface area contributed by atoms with Crippen molar-refractivity contribution in [2.45, 2.75) is 0 Å². The van der Waals surface area contributed by atoms with Crippen LogP contribution in [-0.4, -0.2) is 45.0 Å². The molecular formula is C19H15Cl2N5O4. The van der Waals surface area contributed by atoms with Gasteiger partial charge in [-0.1, -0.05) is 35.3 Å². The molecule has 0 aliphatic rings. The number of anilines is 1. The van der Waals surface area contributed by atoms with E-state index in [1.54, 1.807) is 24.3 Å². The maximum absolute atomic E-state index is 12.6. The molecule has 0 aliphatic heterocycles. The van der Waals surface area contributed by atoms with Crippen LogP contribution in [0.5, 0.6) is 0 Å². The minimum absolute atomic E-state index is 0.0765. The lowest BCUT2D eigenvalue weighted by Crippen LogP contribution is -2.35. The fourth-order valence-corrected chi connectivity index (χ4v) is 3.10. The Balaban J connectivity index is 1.69. The van der Waals surface area contributed by atoms with Gasteiger partial charge in [-0.2, -0.15) is 5.10 Å². The number of benzene rings is 2. The maximum Gasteiger partial charge on any atom is 0.274 e. The Kier molecular flexibility index (Phi) is 6.34. The van der Waals surface area contributed by atoms with Crippen molar-refractivity contribution < 1.29 is 14.5 Å². The Labute approximate surface area is 181 Å². The summed E-state index contributed by atoms with van der Waals surface area (Å²) >= 11 is 12.1. The quantitative estimate of drug-likeness (QED) is 0.456. The molecular weight excluding hydrogens is 433 g/mol. The molecule has 0 saturated heterocycles. The molecule has 0 saturated carbocycles. The van der Waals surface area contributed by atoms with Gasteiger partial charge in [0.25, 0.3) is 11.6 Å². The summed E-state index contributed by atoms with van der Waals surface area (Å²) < 4.78 is 1.34. The lowest BCUT2D eigenvalue weighted by molar-refractivity contribution is -0.384. The van der Waals surface area contributed by atoms with Gasteiger partial charge in [0.2, 0.25) is 5.91 Å². The first-order valence-corrected chi connectivity index (χ1v) is 9.31. The van der Waals surface area contributed by atoms with Gasteiger partial charge in [-0.25, -0.2) is 4.68 Å². The van der Waals surface area contributed by atoms with Gasteiger partial charge in [-0.15, -0.1) is 0 Å². The number of aromatic nitrogens is 2. The van der Waals surface area contributed by atoms with E-state index < -0.39 is 16.7 Å². The summed E-state index contributed by atoms with van der Waals surface area (Å²) in [5, 5.41) is 18.2. The molecule has 11 heteroatoms. The fraction of sp³-hybridized carbons (Fsp3) is 0.105. The zero-order chi connectivity index (χ0) is 21.8. The minimum Gasteiger partial charge on any atom is -0.331 e. The van der Waals surface area contributed by atoms with Gasteiger partial charge in [-0.05, 0) is 24.3 Å². The fourth-order valence-electron chi connectivity index (χ4n) is 2.61. The van der Waals surface area contributed by atoms with Crippen molar-refractivity contribution in [3.05, 3.63) is 80.6 Å². The van der Waals surface area contributed by atoms with E-state index in [4.69, 9.17) is 23.2 Å².